The number of amides is 2. The second-order valence-corrected chi connectivity index (χ2v) is 11.7. The Morgan fingerprint density at radius 1 is 1.00 bits per heavy atom. The number of thiophene rings is 1. The molecule has 0 bridgehead atoms. The fraction of sp³-hybridized carbons (Fsp3) is 0.259. The highest BCUT2D eigenvalue weighted by Gasteiger charge is 2.46. The summed E-state index contributed by atoms with van der Waals surface area (Å²) < 4.78 is 0. The molecule has 2 aromatic heterocycles. The van der Waals surface area contributed by atoms with Gasteiger partial charge in [-0.1, -0.05) is 52.0 Å². The van der Waals surface area contributed by atoms with E-state index in [1.54, 1.807) is 24.5 Å². The number of nitrogens with zero attached hydrogens (tertiary/aromatic N) is 3. The van der Waals surface area contributed by atoms with E-state index >= 15 is 0 Å². The normalized spacial score (nSPS) is 20.4. The monoisotopic (exact) mass is 500 g/mol. The van der Waals surface area contributed by atoms with Gasteiger partial charge in [-0.25, -0.2) is 4.98 Å². The van der Waals surface area contributed by atoms with Crippen LogP contribution in [0.3, 0.4) is 0 Å². The molecule has 3 aliphatic heterocycles. The molecule has 0 aliphatic carbocycles. The SMILES string of the molecule is CN1C(=O)/C(=C/c2cc3c(s2)N2c4ncccc4C(C)(C)c4cccc(c42)C3(C)C)C(=O)NC1=S. The number of thiocarbonyl (C=S) groups is 1. The highest BCUT2D eigenvalue weighted by molar-refractivity contribution is 7.80. The van der Waals surface area contributed by atoms with Crippen LogP contribution in [0.25, 0.3) is 6.08 Å². The van der Waals surface area contributed by atoms with Crippen LogP contribution in [0, 0.1) is 0 Å². The Morgan fingerprint density at radius 3 is 2.37 bits per heavy atom. The van der Waals surface area contributed by atoms with E-state index in [1.807, 2.05) is 12.3 Å². The highest BCUT2D eigenvalue weighted by Crippen LogP contribution is 2.61. The molecule has 0 unspecified atom stereocenters. The summed E-state index contributed by atoms with van der Waals surface area (Å²) in [4.78, 5) is 34.6. The molecule has 6 nitrogen and oxygen atoms in total. The second kappa shape index (κ2) is 7.08. The van der Waals surface area contributed by atoms with Crippen LogP contribution in [-0.2, 0) is 20.4 Å². The average molecular weight is 501 g/mol. The average Bonchev–Trinajstić information content (AvgIpc) is 3.25. The van der Waals surface area contributed by atoms with Crippen LogP contribution in [0.4, 0.5) is 16.5 Å². The fourth-order valence-electron chi connectivity index (χ4n) is 5.42. The van der Waals surface area contributed by atoms with Crippen LogP contribution >= 0.6 is 23.6 Å². The van der Waals surface area contributed by atoms with Crippen molar-refractivity contribution < 1.29 is 9.59 Å². The van der Waals surface area contributed by atoms with Gasteiger partial charge in [-0.3, -0.25) is 24.7 Å². The van der Waals surface area contributed by atoms with Crippen LogP contribution in [0.1, 0.15) is 54.8 Å². The van der Waals surface area contributed by atoms with Crippen molar-refractivity contribution in [1.29, 1.82) is 0 Å². The van der Waals surface area contributed by atoms with E-state index in [1.165, 1.54) is 27.3 Å². The van der Waals surface area contributed by atoms with E-state index in [2.05, 4.69) is 68.2 Å². The molecule has 6 rings (SSSR count). The molecular weight excluding hydrogens is 476 g/mol. The van der Waals surface area contributed by atoms with Crippen molar-refractivity contribution in [3.8, 4) is 0 Å². The number of anilines is 3. The third-order valence-electron chi connectivity index (χ3n) is 7.48. The minimum Gasteiger partial charge on any atom is -0.298 e. The van der Waals surface area contributed by atoms with Crippen LogP contribution in [0.5, 0.6) is 0 Å². The molecule has 1 N–H and O–H groups in total. The van der Waals surface area contributed by atoms with Gasteiger partial charge in [0.1, 0.15) is 16.4 Å². The van der Waals surface area contributed by atoms with Crippen LogP contribution in [0.2, 0.25) is 0 Å². The molecule has 0 atom stereocenters. The first kappa shape index (κ1) is 22.1. The highest BCUT2D eigenvalue weighted by atomic mass is 32.1. The summed E-state index contributed by atoms with van der Waals surface area (Å²) in [5, 5.41) is 3.77. The molecule has 35 heavy (non-hydrogen) atoms. The van der Waals surface area contributed by atoms with Crippen molar-refractivity contribution in [2.24, 2.45) is 0 Å². The van der Waals surface area contributed by atoms with E-state index in [-0.39, 0.29) is 21.5 Å². The lowest BCUT2D eigenvalue weighted by atomic mass is 9.68. The zero-order valence-electron chi connectivity index (χ0n) is 20.1. The smallest absolute Gasteiger partial charge is 0.265 e. The molecule has 3 aromatic rings. The summed E-state index contributed by atoms with van der Waals surface area (Å²) in [6.45, 7) is 8.96. The minimum atomic E-state index is -0.471. The van der Waals surface area contributed by atoms with Crippen LogP contribution < -0.4 is 10.2 Å². The van der Waals surface area contributed by atoms with Crippen molar-refractivity contribution in [3.63, 3.8) is 0 Å². The van der Waals surface area contributed by atoms with Gasteiger partial charge in [-0.15, -0.1) is 11.3 Å². The van der Waals surface area contributed by atoms with E-state index in [0.29, 0.717) is 0 Å². The number of aromatic nitrogens is 1. The molecule has 1 aromatic carbocycles. The van der Waals surface area contributed by atoms with Crippen molar-refractivity contribution >= 4 is 63.1 Å². The van der Waals surface area contributed by atoms with E-state index in [0.717, 1.165) is 21.3 Å². The Labute approximate surface area is 213 Å². The molecule has 176 valence electrons. The van der Waals surface area contributed by atoms with Crippen molar-refractivity contribution in [2.45, 2.75) is 38.5 Å². The Hall–Kier alpha value is -3.36. The fourth-order valence-corrected chi connectivity index (χ4v) is 6.87. The predicted molar refractivity (Wildman–Crippen MR) is 143 cm³/mol. The van der Waals surface area contributed by atoms with Gasteiger partial charge in [-0.2, -0.15) is 0 Å². The third kappa shape index (κ3) is 2.87. The van der Waals surface area contributed by atoms with Gasteiger partial charge < -0.3 is 0 Å². The van der Waals surface area contributed by atoms with Crippen molar-refractivity contribution in [1.82, 2.24) is 15.2 Å². The molecule has 0 saturated carbocycles. The number of hydrogen-bond donors (Lipinski definition) is 1. The molecule has 5 heterocycles. The quantitative estimate of drug-likeness (QED) is 0.284. The first-order valence-electron chi connectivity index (χ1n) is 11.4. The largest absolute Gasteiger partial charge is 0.298 e. The number of nitrogens with one attached hydrogen (secondary N) is 1. The zero-order chi connectivity index (χ0) is 24.9. The third-order valence-corrected chi connectivity index (χ3v) is 8.92. The molecule has 8 heteroatoms. The number of rotatable bonds is 1. The molecule has 1 fully saturated rings. The van der Waals surface area contributed by atoms with Gasteiger partial charge in [-0.05, 0) is 47.1 Å². The maximum atomic E-state index is 12.8. The Bertz CT molecular complexity index is 1520. The first-order valence-corrected chi connectivity index (χ1v) is 12.6. The van der Waals surface area contributed by atoms with Gasteiger partial charge in [0.15, 0.2) is 5.11 Å². The van der Waals surface area contributed by atoms with E-state index in [9.17, 15) is 9.59 Å². The molecule has 2 amide bonds. The Kier molecular flexibility index (Phi) is 4.48. The summed E-state index contributed by atoms with van der Waals surface area (Å²) in [5.41, 5.74) is 5.59. The molecular formula is C27H24N4O2S2. The van der Waals surface area contributed by atoms with Gasteiger partial charge in [0, 0.05) is 34.5 Å². The Morgan fingerprint density at radius 2 is 1.66 bits per heavy atom. The van der Waals surface area contributed by atoms with Crippen molar-refractivity contribution in [3.05, 3.63) is 75.3 Å². The van der Waals surface area contributed by atoms with Crippen LogP contribution in [0.15, 0.2) is 48.2 Å². The topological polar surface area (TPSA) is 65.5 Å². The van der Waals surface area contributed by atoms with Gasteiger partial charge >= 0.3 is 0 Å². The van der Waals surface area contributed by atoms with E-state index in [4.69, 9.17) is 17.2 Å². The number of fused-ring (bicyclic) bond motifs is 4. The lowest BCUT2D eigenvalue weighted by Gasteiger charge is -2.47. The number of pyridine rings is 1. The lowest BCUT2D eigenvalue weighted by molar-refractivity contribution is -0.128. The zero-order valence-corrected chi connectivity index (χ0v) is 21.7. The maximum absolute atomic E-state index is 12.8. The summed E-state index contributed by atoms with van der Waals surface area (Å²) in [6.07, 6.45) is 3.51. The summed E-state index contributed by atoms with van der Waals surface area (Å²) in [7, 11) is 1.57. The van der Waals surface area contributed by atoms with Gasteiger partial charge in [0.25, 0.3) is 11.8 Å². The van der Waals surface area contributed by atoms with Crippen molar-refractivity contribution in [2.75, 3.05) is 11.9 Å². The molecule has 3 aliphatic rings. The summed E-state index contributed by atoms with van der Waals surface area (Å²) in [6, 6.07) is 12.8. The van der Waals surface area contributed by atoms with Gasteiger partial charge in [0.05, 0.1) is 5.69 Å². The number of benzene rings is 1. The molecule has 0 radical (unpaired) electrons. The Balaban J connectivity index is 1.59. The minimum absolute atomic E-state index is 0.0778. The first-order chi connectivity index (χ1) is 16.5. The maximum Gasteiger partial charge on any atom is 0.265 e. The van der Waals surface area contributed by atoms with E-state index < -0.39 is 11.8 Å². The number of para-hydroxylation sites is 1. The summed E-state index contributed by atoms with van der Waals surface area (Å²) in [5.74, 6) is 0.0505. The molecule has 1 saturated heterocycles. The lowest BCUT2D eigenvalue weighted by Crippen LogP contribution is -2.52. The number of carbonyl (C=O) groups is 2. The summed E-state index contributed by atoms with van der Waals surface area (Å²) >= 11 is 6.65. The predicted octanol–water partition coefficient (Wildman–Crippen LogP) is 5.15. The second-order valence-electron chi connectivity index (χ2n) is 10.2. The van der Waals surface area contributed by atoms with Gasteiger partial charge in [0.2, 0.25) is 0 Å². The number of hydrogen-bond acceptors (Lipinski definition) is 6. The number of carbonyl (C=O) groups excluding carboxylic acids is 2. The standard InChI is InChI=1S/C27H24N4O2S2/c1-26(2)16-8-6-9-17-20(16)31(21-18(26)10-7-11-28-21)24-19(27(17,3)4)13-14(35-24)12-15-22(32)29-25(34)30(5)23(15)33/h6-13H,1-5H3,(H,29,32,34)/b15-12+. The molecule has 0 spiro atoms. The van der Waals surface area contributed by atoms with Crippen LogP contribution in [-0.4, -0.2) is 33.9 Å². The number of likely N-dealkylation sites (N-methyl/N-ethyl adjacent to an activating group) is 1.